The van der Waals surface area contributed by atoms with Crippen LogP contribution in [0.4, 0.5) is 0 Å². The molecule has 0 bridgehead atoms. The lowest BCUT2D eigenvalue weighted by atomic mass is 9.82. The van der Waals surface area contributed by atoms with Crippen LogP contribution >= 0.6 is 24.8 Å². The third kappa shape index (κ3) is 7.84. The van der Waals surface area contributed by atoms with Gasteiger partial charge < -0.3 is 31.5 Å². The topological polar surface area (TPSA) is 119 Å². The summed E-state index contributed by atoms with van der Waals surface area (Å²) in [5.41, 5.74) is 5.82. The monoisotopic (exact) mass is 376 g/mol. The first-order valence-corrected chi connectivity index (χ1v) is 8.22. The van der Waals surface area contributed by atoms with Crippen LogP contribution in [0.2, 0.25) is 0 Å². The van der Waals surface area contributed by atoms with Crippen LogP contribution < -0.4 is 11.1 Å². The van der Waals surface area contributed by atoms with Crippen molar-refractivity contribution in [3.8, 4) is 0 Å². The van der Waals surface area contributed by atoms with Gasteiger partial charge in [-0.25, -0.2) is 0 Å². The number of hydrogen-bond acceptors (Lipinski definition) is 6. The van der Waals surface area contributed by atoms with E-state index in [4.69, 9.17) is 5.73 Å². The van der Waals surface area contributed by atoms with Gasteiger partial charge in [-0.2, -0.15) is 0 Å². The summed E-state index contributed by atoms with van der Waals surface area (Å²) >= 11 is 0. The van der Waals surface area contributed by atoms with Crippen molar-refractivity contribution in [3.05, 3.63) is 0 Å². The van der Waals surface area contributed by atoms with Crippen LogP contribution in [0.5, 0.6) is 0 Å². The summed E-state index contributed by atoms with van der Waals surface area (Å²) in [6, 6.07) is -1.39. The zero-order chi connectivity index (χ0) is 15.8. The van der Waals surface area contributed by atoms with Crippen molar-refractivity contribution in [1.29, 1.82) is 0 Å². The molecule has 6 nitrogen and oxygen atoms in total. The van der Waals surface area contributed by atoms with Gasteiger partial charge in [0.1, 0.15) is 12.2 Å². The molecule has 0 radical (unpaired) electrons. The summed E-state index contributed by atoms with van der Waals surface area (Å²) in [7, 11) is 0. The minimum Gasteiger partial charge on any atom is -0.389 e. The molecule has 1 fully saturated rings. The minimum absolute atomic E-state index is 0. The molecule has 23 heavy (non-hydrogen) atoms. The van der Waals surface area contributed by atoms with Crippen molar-refractivity contribution < 1.29 is 20.4 Å². The van der Waals surface area contributed by atoms with Gasteiger partial charge in [-0.15, -0.1) is 24.8 Å². The predicted octanol–water partition coefficient (Wildman–Crippen LogP) is 0.323. The number of nitrogens with one attached hydrogen (secondary N) is 1. The number of unbranched alkanes of at least 4 members (excludes halogenated alkanes) is 6. The normalized spacial score (nSPS) is 33.7. The van der Waals surface area contributed by atoms with Crippen LogP contribution in [0.3, 0.4) is 0 Å². The van der Waals surface area contributed by atoms with E-state index in [9.17, 15) is 20.4 Å². The summed E-state index contributed by atoms with van der Waals surface area (Å²) in [5.74, 6) is 0. The van der Waals surface area contributed by atoms with Crippen LogP contribution in [-0.2, 0) is 0 Å². The summed E-state index contributed by atoms with van der Waals surface area (Å²) in [6.45, 7) is 2.88. The Hall–Kier alpha value is 0.340. The molecule has 8 heteroatoms. The Balaban J connectivity index is 0. The van der Waals surface area contributed by atoms with E-state index in [1.54, 1.807) is 0 Å². The highest BCUT2D eigenvalue weighted by Gasteiger charge is 2.46. The maximum absolute atomic E-state index is 9.93. The molecule has 0 aromatic carbocycles. The summed E-state index contributed by atoms with van der Waals surface area (Å²) < 4.78 is 0. The van der Waals surface area contributed by atoms with Gasteiger partial charge in [0.15, 0.2) is 0 Å². The minimum atomic E-state index is -1.40. The van der Waals surface area contributed by atoms with Crippen molar-refractivity contribution in [2.75, 3.05) is 6.54 Å². The fourth-order valence-corrected chi connectivity index (χ4v) is 2.89. The second kappa shape index (κ2) is 13.6. The number of halogens is 2. The third-order valence-corrected chi connectivity index (χ3v) is 4.39. The molecule has 0 spiro atoms. The molecule has 0 amide bonds. The van der Waals surface area contributed by atoms with E-state index in [2.05, 4.69) is 12.2 Å². The molecule has 1 saturated carbocycles. The molecule has 0 aromatic heterocycles. The van der Waals surface area contributed by atoms with Crippen LogP contribution in [-0.4, -0.2) is 63.5 Å². The Morgan fingerprint density at radius 1 is 0.739 bits per heavy atom. The maximum atomic E-state index is 9.93. The van der Waals surface area contributed by atoms with E-state index in [1.165, 1.54) is 32.1 Å². The second-order valence-electron chi connectivity index (χ2n) is 6.14. The molecule has 0 heterocycles. The Labute approximate surface area is 151 Å². The average Bonchev–Trinajstić information content (AvgIpc) is 2.49. The lowest BCUT2D eigenvalue weighted by Crippen LogP contribution is -2.70. The van der Waals surface area contributed by atoms with E-state index in [1.807, 2.05) is 0 Å². The zero-order valence-corrected chi connectivity index (χ0v) is 15.4. The van der Waals surface area contributed by atoms with Crippen LogP contribution in [0.1, 0.15) is 51.9 Å². The Bertz CT molecular complexity index is 274. The molecule has 0 saturated heterocycles. The van der Waals surface area contributed by atoms with Gasteiger partial charge in [-0.1, -0.05) is 45.4 Å². The van der Waals surface area contributed by atoms with Crippen molar-refractivity contribution in [1.82, 2.24) is 5.32 Å². The van der Waals surface area contributed by atoms with Crippen molar-refractivity contribution in [2.45, 2.75) is 88.4 Å². The Morgan fingerprint density at radius 2 is 1.22 bits per heavy atom. The van der Waals surface area contributed by atoms with Gasteiger partial charge in [0, 0.05) is 0 Å². The summed E-state index contributed by atoms with van der Waals surface area (Å²) in [4.78, 5) is 0. The van der Waals surface area contributed by atoms with Gasteiger partial charge >= 0.3 is 0 Å². The molecule has 6 atom stereocenters. The molecule has 0 aromatic rings. The van der Waals surface area contributed by atoms with Crippen LogP contribution in [0.15, 0.2) is 0 Å². The fraction of sp³-hybridized carbons (Fsp3) is 1.00. The fourth-order valence-electron chi connectivity index (χ4n) is 2.89. The number of rotatable bonds is 9. The van der Waals surface area contributed by atoms with Crippen LogP contribution in [0.25, 0.3) is 0 Å². The SMILES string of the molecule is CCCCCCCCCN[C@@H]1[C@H](N)[C@H](O)[C@@H](O)[C@H](O)[C@H]1O.Cl.Cl. The van der Waals surface area contributed by atoms with Crippen molar-refractivity contribution in [3.63, 3.8) is 0 Å². The lowest BCUT2D eigenvalue weighted by Gasteiger charge is -2.43. The second-order valence-corrected chi connectivity index (χ2v) is 6.14. The predicted molar refractivity (Wildman–Crippen MR) is 96.3 cm³/mol. The highest BCUT2D eigenvalue weighted by atomic mass is 35.5. The van der Waals surface area contributed by atoms with Gasteiger partial charge in [0.2, 0.25) is 0 Å². The van der Waals surface area contributed by atoms with E-state index in [-0.39, 0.29) is 24.8 Å². The van der Waals surface area contributed by atoms with Crippen molar-refractivity contribution in [2.24, 2.45) is 5.73 Å². The molecular formula is C15H34Cl2N2O4. The van der Waals surface area contributed by atoms with Gasteiger partial charge in [-0.3, -0.25) is 0 Å². The number of aliphatic hydroxyl groups excluding tert-OH is 4. The smallest absolute Gasteiger partial charge is 0.110 e. The van der Waals surface area contributed by atoms with Crippen LogP contribution in [0, 0.1) is 0 Å². The quantitative estimate of drug-likeness (QED) is 0.322. The first-order chi connectivity index (χ1) is 10.0. The van der Waals surface area contributed by atoms with E-state index in [0.29, 0.717) is 6.54 Å². The first-order valence-electron chi connectivity index (χ1n) is 8.22. The third-order valence-electron chi connectivity index (χ3n) is 4.39. The Morgan fingerprint density at radius 3 is 1.78 bits per heavy atom. The largest absolute Gasteiger partial charge is 0.389 e. The number of hydrogen-bond donors (Lipinski definition) is 6. The van der Waals surface area contributed by atoms with Gasteiger partial charge in [0.25, 0.3) is 0 Å². The molecule has 0 unspecified atom stereocenters. The molecule has 0 aliphatic heterocycles. The maximum Gasteiger partial charge on any atom is 0.110 e. The molecule has 142 valence electrons. The molecule has 1 aliphatic carbocycles. The lowest BCUT2D eigenvalue weighted by molar-refractivity contribution is -0.154. The number of nitrogens with two attached hydrogens (primary N) is 1. The summed E-state index contributed by atoms with van der Waals surface area (Å²) in [5, 5.41) is 42.0. The number of aliphatic hydroxyl groups is 4. The average molecular weight is 377 g/mol. The standard InChI is InChI=1S/C15H32N2O4.2ClH/c1-2-3-4-5-6-7-8-9-17-11-10(16)12(18)14(20)15(21)13(11)19;;/h10-15,17-21H,2-9,16H2,1H3;2*1H/t10-,11+,12-,13-,14+,15+;;/m0../s1. The highest BCUT2D eigenvalue weighted by Crippen LogP contribution is 2.20. The van der Waals surface area contributed by atoms with E-state index in [0.717, 1.165) is 12.8 Å². The molecule has 1 aliphatic rings. The highest BCUT2D eigenvalue weighted by molar-refractivity contribution is 5.85. The molecule has 1 rings (SSSR count). The van der Waals surface area contributed by atoms with Gasteiger partial charge in [0.05, 0.1) is 24.3 Å². The van der Waals surface area contributed by atoms with E-state index >= 15 is 0 Å². The summed E-state index contributed by atoms with van der Waals surface area (Å²) in [6.07, 6.45) is 3.20. The van der Waals surface area contributed by atoms with Crippen molar-refractivity contribution >= 4 is 24.8 Å². The van der Waals surface area contributed by atoms with E-state index < -0.39 is 36.5 Å². The Kier molecular flexibility index (Phi) is 15.1. The zero-order valence-electron chi connectivity index (χ0n) is 13.8. The molecular weight excluding hydrogens is 343 g/mol. The first kappa shape index (κ1) is 25.6. The molecule has 7 N–H and O–H groups in total. The van der Waals surface area contributed by atoms with Gasteiger partial charge in [-0.05, 0) is 13.0 Å².